The molecule has 26 heavy (non-hydrogen) atoms. The lowest BCUT2D eigenvalue weighted by atomic mass is 9.88. The fourth-order valence-electron chi connectivity index (χ4n) is 3.02. The molecule has 0 saturated carbocycles. The van der Waals surface area contributed by atoms with Crippen molar-refractivity contribution in [3.8, 4) is 5.75 Å². The summed E-state index contributed by atoms with van der Waals surface area (Å²) in [5.41, 5.74) is -0.353. The number of aliphatic carboxylic acids is 1. The van der Waals surface area contributed by atoms with E-state index in [1.165, 1.54) is 0 Å². The zero-order chi connectivity index (χ0) is 19.0. The molecule has 1 amide bonds. The summed E-state index contributed by atoms with van der Waals surface area (Å²) in [6.45, 7) is 3.37. The molecule has 2 N–H and O–H groups in total. The van der Waals surface area contributed by atoms with Crippen LogP contribution in [0.25, 0.3) is 0 Å². The molecule has 1 aromatic carbocycles. The monoisotopic (exact) mass is 365 g/mol. The first-order valence-electron chi connectivity index (χ1n) is 8.79. The van der Waals surface area contributed by atoms with Crippen molar-refractivity contribution >= 4 is 11.9 Å². The molecule has 1 unspecified atom stereocenters. The topological polar surface area (TPSA) is 94.1 Å². The minimum atomic E-state index is -1.03. The highest BCUT2D eigenvalue weighted by Crippen LogP contribution is 2.28. The number of carboxylic acid groups (broad SMARTS) is 1. The van der Waals surface area contributed by atoms with Crippen molar-refractivity contribution in [1.29, 1.82) is 0 Å². The average molecular weight is 365 g/mol. The van der Waals surface area contributed by atoms with Gasteiger partial charge >= 0.3 is 5.97 Å². The van der Waals surface area contributed by atoms with Gasteiger partial charge in [-0.2, -0.15) is 0 Å². The van der Waals surface area contributed by atoms with Crippen LogP contribution in [-0.4, -0.2) is 50.0 Å². The Kier molecular flexibility index (Phi) is 7.41. The van der Waals surface area contributed by atoms with Crippen LogP contribution in [0, 0.1) is 0 Å². The van der Waals surface area contributed by atoms with E-state index in [1.807, 2.05) is 0 Å². The molecule has 0 radical (unpaired) electrons. The molecule has 2 rings (SSSR count). The second-order valence-electron chi connectivity index (χ2n) is 6.62. The van der Waals surface area contributed by atoms with Gasteiger partial charge in [0, 0.05) is 19.6 Å². The molecule has 1 fully saturated rings. The van der Waals surface area contributed by atoms with Gasteiger partial charge in [-0.1, -0.05) is 12.1 Å². The van der Waals surface area contributed by atoms with Gasteiger partial charge in [-0.3, -0.25) is 9.59 Å². The summed E-state index contributed by atoms with van der Waals surface area (Å²) in [5.74, 6) is -0.631. The molecule has 1 aliphatic heterocycles. The minimum absolute atomic E-state index is 0.125. The maximum Gasteiger partial charge on any atom is 0.306 e. The molecule has 7 heteroatoms. The van der Waals surface area contributed by atoms with E-state index in [0.717, 1.165) is 12.8 Å². The Labute approximate surface area is 153 Å². The first-order valence-corrected chi connectivity index (χ1v) is 8.79. The summed E-state index contributed by atoms with van der Waals surface area (Å²) in [6, 6.07) is 7.06. The maximum atomic E-state index is 12.4. The largest absolute Gasteiger partial charge is 0.497 e. The van der Waals surface area contributed by atoms with Gasteiger partial charge in [0.25, 0.3) is 0 Å². The molecule has 0 aromatic heterocycles. The third-order valence-electron chi connectivity index (χ3n) is 4.48. The van der Waals surface area contributed by atoms with Crippen LogP contribution in [-0.2, 0) is 24.6 Å². The van der Waals surface area contributed by atoms with Crippen molar-refractivity contribution in [1.82, 2.24) is 5.32 Å². The predicted octanol–water partition coefficient (Wildman–Crippen LogP) is 2.09. The minimum Gasteiger partial charge on any atom is -0.497 e. The van der Waals surface area contributed by atoms with E-state index < -0.39 is 11.5 Å². The number of carboxylic acids is 1. The number of carbonyl (C=O) groups is 2. The second-order valence-corrected chi connectivity index (χ2v) is 6.62. The Hall–Kier alpha value is -2.12. The molecule has 0 aliphatic carbocycles. The van der Waals surface area contributed by atoms with Gasteiger partial charge in [0.05, 0.1) is 31.8 Å². The predicted molar refractivity (Wildman–Crippen MR) is 95.2 cm³/mol. The third kappa shape index (κ3) is 6.00. The molecule has 7 nitrogen and oxygen atoms in total. The number of amides is 1. The standard InChI is InChI=1S/C19H27NO6/c1-19(13-18(22)23,14-4-3-5-16(12-14)24-2)20-17(21)8-11-26-15-6-9-25-10-7-15/h3-5,12,15H,6-11,13H2,1-2H3,(H,20,21)(H,22,23). The smallest absolute Gasteiger partial charge is 0.306 e. The summed E-state index contributed by atoms with van der Waals surface area (Å²) >= 11 is 0. The lowest BCUT2D eigenvalue weighted by Gasteiger charge is -2.30. The Morgan fingerprint density at radius 3 is 2.73 bits per heavy atom. The van der Waals surface area contributed by atoms with Crippen molar-refractivity contribution in [2.24, 2.45) is 0 Å². The number of hydrogen-bond acceptors (Lipinski definition) is 5. The highest BCUT2D eigenvalue weighted by Gasteiger charge is 2.31. The molecular weight excluding hydrogens is 338 g/mol. The van der Waals surface area contributed by atoms with E-state index in [1.54, 1.807) is 38.3 Å². The lowest BCUT2D eigenvalue weighted by molar-refractivity contribution is -0.139. The lowest BCUT2D eigenvalue weighted by Crippen LogP contribution is -2.45. The summed E-state index contributed by atoms with van der Waals surface area (Å²) in [6.07, 6.45) is 1.74. The van der Waals surface area contributed by atoms with Crippen molar-refractivity contribution in [3.05, 3.63) is 29.8 Å². The van der Waals surface area contributed by atoms with Gasteiger partial charge in [0.2, 0.25) is 5.91 Å². The van der Waals surface area contributed by atoms with Crippen LogP contribution in [0.4, 0.5) is 0 Å². The summed E-state index contributed by atoms with van der Waals surface area (Å²) in [7, 11) is 1.54. The van der Waals surface area contributed by atoms with E-state index in [-0.39, 0.29) is 24.9 Å². The van der Waals surface area contributed by atoms with Crippen LogP contribution in [0.5, 0.6) is 5.75 Å². The fraction of sp³-hybridized carbons (Fsp3) is 0.579. The van der Waals surface area contributed by atoms with Gasteiger partial charge < -0.3 is 24.6 Å². The molecule has 1 atom stereocenters. The quantitative estimate of drug-likeness (QED) is 0.696. The number of benzene rings is 1. The highest BCUT2D eigenvalue weighted by molar-refractivity contribution is 5.78. The summed E-state index contributed by atoms with van der Waals surface area (Å²) in [5, 5.41) is 12.1. The van der Waals surface area contributed by atoms with E-state index in [9.17, 15) is 14.7 Å². The Balaban J connectivity index is 1.97. The SMILES string of the molecule is COc1cccc(C(C)(CC(=O)O)NC(=O)CCOC2CCOCC2)c1. The number of nitrogens with one attached hydrogen (secondary N) is 1. The van der Waals surface area contributed by atoms with Gasteiger partial charge in [-0.05, 0) is 37.5 Å². The molecule has 1 aliphatic rings. The summed E-state index contributed by atoms with van der Waals surface area (Å²) < 4.78 is 16.2. The zero-order valence-electron chi connectivity index (χ0n) is 15.3. The molecule has 1 saturated heterocycles. The zero-order valence-corrected chi connectivity index (χ0v) is 15.3. The molecule has 1 heterocycles. The molecule has 144 valence electrons. The Bertz CT molecular complexity index is 614. The average Bonchev–Trinajstić information content (AvgIpc) is 2.62. The van der Waals surface area contributed by atoms with Crippen LogP contribution in [0.15, 0.2) is 24.3 Å². The second kappa shape index (κ2) is 9.54. The van der Waals surface area contributed by atoms with Crippen molar-refractivity contribution in [2.45, 2.75) is 44.2 Å². The third-order valence-corrected chi connectivity index (χ3v) is 4.48. The van der Waals surface area contributed by atoms with Gasteiger partial charge in [-0.15, -0.1) is 0 Å². The Morgan fingerprint density at radius 2 is 2.08 bits per heavy atom. The number of methoxy groups -OCH3 is 1. The van der Waals surface area contributed by atoms with Crippen molar-refractivity contribution in [2.75, 3.05) is 26.9 Å². The fourth-order valence-corrected chi connectivity index (χ4v) is 3.02. The van der Waals surface area contributed by atoms with E-state index in [0.29, 0.717) is 31.1 Å². The number of hydrogen-bond donors (Lipinski definition) is 2. The van der Waals surface area contributed by atoms with Crippen LogP contribution < -0.4 is 10.1 Å². The molecule has 1 aromatic rings. The maximum absolute atomic E-state index is 12.4. The normalized spacial score (nSPS) is 17.3. The number of ether oxygens (including phenoxy) is 3. The van der Waals surface area contributed by atoms with E-state index in [2.05, 4.69) is 5.32 Å². The van der Waals surface area contributed by atoms with Crippen LogP contribution in [0.3, 0.4) is 0 Å². The van der Waals surface area contributed by atoms with E-state index >= 15 is 0 Å². The van der Waals surface area contributed by atoms with Gasteiger partial charge in [-0.25, -0.2) is 0 Å². The van der Waals surface area contributed by atoms with Crippen LogP contribution >= 0.6 is 0 Å². The first kappa shape index (κ1) is 20.2. The highest BCUT2D eigenvalue weighted by atomic mass is 16.5. The first-order chi connectivity index (χ1) is 12.4. The van der Waals surface area contributed by atoms with Crippen molar-refractivity contribution in [3.63, 3.8) is 0 Å². The summed E-state index contributed by atoms with van der Waals surface area (Å²) in [4.78, 5) is 23.7. The van der Waals surface area contributed by atoms with Crippen LogP contribution in [0.2, 0.25) is 0 Å². The van der Waals surface area contributed by atoms with E-state index in [4.69, 9.17) is 14.2 Å². The molecular formula is C19H27NO6. The number of rotatable bonds is 9. The van der Waals surface area contributed by atoms with Gasteiger partial charge in [0.1, 0.15) is 5.75 Å². The van der Waals surface area contributed by atoms with Gasteiger partial charge in [0.15, 0.2) is 0 Å². The Morgan fingerprint density at radius 1 is 1.35 bits per heavy atom. The molecule has 0 spiro atoms. The molecule has 0 bridgehead atoms. The number of carbonyl (C=O) groups excluding carboxylic acids is 1. The van der Waals surface area contributed by atoms with Crippen molar-refractivity contribution < 1.29 is 28.9 Å². The van der Waals surface area contributed by atoms with Crippen LogP contribution in [0.1, 0.15) is 38.2 Å².